The van der Waals surface area contributed by atoms with E-state index < -0.39 is 10.0 Å². The SMILES string of the molecule is COc1cccc(N(CC(=O)NCCSC2CCCCC2)S(=O)(=O)c2ccccc2)c1. The van der Waals surface area contributed by atoms with E-state index in [0.717, 1.165) is 10.1 Å². The maximum Gasteiger partial charge on any atom is 0.264 e. The normalized spacial score (nSPS) is 14.7. The van der Waals surface area contributed by atoms with E-state index in [2.05, 4.69) is 5.32 Å². The zero-order chi connectivity index (χ0) is 22.1. The zero-order valence-corrected chi connectivity index (χ0v) is 19.5. The smallest absolute Gasteiger partial charge is 0.264 e. The highest BCUT2D eigenvalue weighted by atomic mass is 32.2. The predicted octanol–water partition coefficient (Wildman–Crippen LogP) is 4.07. The van der Waals surface area contributed by atoms with Gasteiger partial charge in [0.1, 0.15) is 12.3 Å². The summed E-state index contributed by atoms with van der Waals surface area (Å²) in [7, 11) is -2.39. The summed E-state index contributed by atoms with van der Waals surface area (Å²) in [5.74, 6) is 1.03. The molecule has 168 valence electrons. The molecule has 3 rings (SSSR count). The van der Waals surface area contributed by atoms with Crippen molar-refractivity contribution in [3.63, 3.8) is 0 Å². The monoisotopic (exact) mass is 462 g/mol. The van der Waals surface area contributed by atoms with Crippen LogP contribution >= 0.6 is 11.8 Å². The Balaban J connectivity index is 1.68. The van der Waals surface area contributed by atoms with Gasteiger partial charge in [-0.3, -0.25) is 9.10 Å². The first-order valence-electron chi connectivity index (χ1n) is 10.6. The minimum absolute atomic E-state index is 0.137. The Morgan fingerprint density at radius 1 is 1.10 bits per heavy atom. The van der Waals surface area contributed by atoms with Crippen molar-refractivity contribution in [2.75, 3.05) is 30.3 Å². The molecule has 0 aromatic heterocycles. The first-order valence-corrected chi connectivity index (χ1v) is 13.1. The second kappa shape index (κ2) is 11.4. The number of nitrogens with zero attached hydrogens (tertiary/aromatic N) is 1. The fourth-order valence-electron chi connectivity index (χ4n) is 3.63. The molecule has 1 fully saturated rings. The van der Waals surface area contributed by atoms with Crippen LogP contribution in [0.3, 0.4) is 0 Å². The number of amides is 1. The molecule has 1 aliphatic carbocycles. The maximum atomic E-state index is 13.3. The van der Waals surface area contributed by atoms with Crippen molar-refractivity contribution < 1.29 is 17.9 Å². The molecule has 31 heavy (non-hydrogen) atoms. The predicted molar refractivity (Wildman–Crippen MR) is 126 cm³/mol. The van der Waals surface area contributed by atoms with Crippen molar-refractivity contribution in [2.45, 2.75) is 42.2 Å². The molecule has 2 aromatic carbocycles. The van der Waals surface area contributed by atoms with E-state index in [4.69, 9.17) is 4.74 Å². The van der Waals surface area contributed by atoms with Gasteiger partial charge in [-0.2, -0.15) is 11.8 Å². The molecule has 6 nitrogen and oxygen atoms in total. The number of rotatable bonds is 10. The third kappa shape index (κ3) is 6.64. The van der Waals surface area contributed by atoms with Crippen LogP contribution in [0, 0.1) is 0 Å². The van der Waals surface area contributed by atoms with E-state index in [1.54, 1.807) is 42.5 Å². The molecule has 1 saturated carbocycles. The summed E-state index contributed by atoms with van der Waals surface area (Å²) in [6, 6.07) is 14.9. The van der Waals surface area contributed by atoms with Crippen LogP contribution < -0.4 is 14.4 Å². The Morgan fingerprint density at radius 2 is 1.84 bits per heavy atom. The summed E-state index contributed by atoms with van der Waals surface area (Å²) in [5, 5.41) is 3.56. The molecular weight excluding hydrogens is 432 g/mol. The lowest BCUT2D eigenvalue weighted by Gasteiger charge is -2.24. The first kappa shape index (κ1) is 23.5. The Hall–Kier alpha value is -2.19. The van der Waals surface area contributed by atoms with Gasteiger partial charge in [0.15, 0.2) is 0 Å². The molecule has 2 aromatic rings. The Morgan fingerprint density at radius 3 is 2.55 bits per heavy atom. The number of benzene rings is 2. The summed E-state index contributed by atoms with van der Waals surface area (Å²) >= 11 is 1.90. The molecule has 1 aliphatic rings. The molecule has 1 amide bonds. The number of hydrogen-bond donors (Lipinski definition) is 1. The summed E-state index contributed by atoms with van der Waals surface area (Å²) in [6.45, 7) is 0.232. The van der Waals surface area contributed by atoms with Gasteiger partial charge in [0.05, 0.1) is 17.7 Å². The van der Waals surface area contributed by atoms with Crippen molar-refractivity contribution in [1.29, 1.82) is 0 Å². The maximum absolute atomic E-state index is 13.3. The average Bonchev–Trinajstić information content (AvgIpc) is 2.81. The van der Waals surface area contributed by atoms with Crippen LogP contribution in [0.1, 0.15) is 32.1 Å². The van der Waals surface area contributed by atoms with Crippen LogP contribution in [-0.4, -0.2) is 45.5 Å². The van der Waals surface area contributed by atoms with Gasteiger partial charge in [0.25, 0.3) is 10.0 Å². The number of hydrogen-bond acceptors (Lipinski definition) is 5. The minimum atomic E-state index is -3.91. The topological polar surface area (TPSA) is 75.7 Å². The van der Waals surface area contributed by atoms with Gasteiger partial charge < -0.3 is 10.1 Å². The molecule has 0 unspecified atom stereocenters. The molecule has 0 bridgehead atoms. The average molecular weight is 463 g/mol. The highest BCUT2D eigenvalue weighted by molar-refractivity contribution is 7.99. The third-order valence-corrected chi connectivity index (χ3v) is 8.46. The lowest BCUT2D eigenvalue weighted by Crippen LogP contribution is -2.41. The molecule has 0 heterocycles. The fourth-order valence-corrected chi connectivity index (χ4v) is 6.29. The second-order valence-corrected chi connectivity index (χ2v) is 10.8. The van der Waals surface area contributed by atoms with Gasteiger partial charge in [-0.05, 0) is 37.1 Å². The fraction of sp³-hybridized carbons (Fsp3) is 0.435. The minimum Gasteiger partial charge on any atom is -0.497 e. The number of ether oxygens (including phenoxy) is 1. The largest absolute Gasteiger partial charge is 0.497 e. The molecular formula is C23H30N2O4S2. The van der Waals surface area contributed by atoms with E-state index in [9.17, 15) is 13.2 Å². The number of nitrogens with one attached hydrogen (secondary N) is 1. The number of carbonyl (C=O) groups is 1. The standard InChI is InChI=1S/C23H30N2O4S2/c1-29-20-10-8-9-19(17-20)25(31(27,28)22-13-6-3-7-14-22)18-23(26)24-15-16-30-21-11-4-2-5-12-21/h3,6-10,13-14,17,21H,2,4-5,11-12,15-16,18H2,1H3,(H,24,26). The lowest BCUT2D eigenvalue weighted by molar-refractivity contribution is -0.119. The van der Waals surface area contributed by atoms with Gasteiger partial charge in [0, 0.05) is 23.6 Å². The third-order valence-electron chi connectivity index (χ3n) is 5.29. The molecule has 0 radical (unpaired) electrons. The van der Waals surface area contributed by atoms with Crippen LogP contribution in [0.5, 0.6) is 5.75 Å². The molecule has 0 aliphatic heterocycles. The van der Waals surface area contributed by atoms with Crippen molar-refractivity contribution in [2.24, 2.45) is 0 Å². The van der Waals surface area contributed by atoms with Crippen molar-refractivity contribution in [1.82, 2.24) is 5.32 Å². The lowest BCUT2D eigenvalue weighted by atomic mass is 10.0. The van der Waals surface area contributed by atoms with E-state index in [-0.39, 0.29) is 17.3 Å². The highest BCUT2D eigenvalue weighted by Crippen LogP contribution is 2.28. The van der Waals surface area contributed by atoms with Crippen molar-refractivity contribution in [3.05, 3.63) is 54.6 Å². The Bertz CT molecular complexity index is 945. The summed E-state index contributed by atoms with van der Waals surface area (Å²) in [5.41, 5.74) is 0.384. The molecule has 0 saturated heterocycles. The van der Waals surface area contributed by atoms with Crippen molar-refractivity contribution >= 4 is 33.4 Å². The van der Waals surface area contributed by atoms with E-state index >= 15 is 0 Å². The quantitative estimate of drug-likeness (QED) is 0.539. The van der Waals surface area contributed by atoms with Gasteiger partial charge in [0.2, 0.25) is 5.91 Å². The number of methoxy groups -OCH3 is 1. The van der Waals surface area contributed by atoms with Crippen LogP contribution in [0.25, 0.3) is 0 Å². The number of anilines is 1. The molecule has 0 atom stereocenters. The number of thioether (sulfide) groups is 1. The van der Waals surface area contributed by atoms with E-state index in [0.29, 0.717) is 23.2 Å². The van der Waals surface area contributed by atoms with Crippen molar-refractivity contribution in [3.8, 4) is 5.75 Å². The van der Waals surface area contributed by atoms with E-state index in [1.807, 2.05) is 11.8 Å². The van der Waals surface area contributed by atoms with Gasteiger partial charge in [-0.15, -0.1) is 0 Å². The number of sulfonamides is 1. The molecule has 8 heteroatoms. The van der Waals surface area contributed by atoms with Crippen LogP contribution in [0.15, 0.2) is 59.5 Å². The zero-order valence-electron chi connectivity index (χ0n) is 17.8. The molecule has 0 spiro atoms. The second-order valence-electron chi connectivity index (χ2n) is 7.51. The van der Waals surface area contributed by atoms with Gasteiger partial charge >= 0.3 is 0 Å². The van der Waals surface area contributed by atoms with Crippen LogP contribution in [0.2, 0.25) is 0 Å². The summed E-state index contributed by atoms with van der Waals surface area (Å²) < 4.78 is 33.0. The summed E-state index contributed by atoms with van der Waals surface area (Å²) in [4.78, 5) is 12.8. The van der Waals surface area contributed by atoms with Crippen LogP contribution in [0.4, 0.5) is 5.69 Å². The highest BCUT2D eigenvalue weighted by Gasteiger charge is 2.27. The van der Waals surface area contributed by atoms with E-state index in [1.165, 1.54) is 51.3 Å². The first-order chi connectivity index (χ1) is 15.0. The molecule has 1 N–H and O–H groups in total. The van der Waals surface area contributed by atoms with Crippen LogP contribution in [-0.2, 0) is 14.8 Å². The van der Waals surface area contributed by atoms with Gasteiger partial charge in [-0.1, -0.05) is 43.5 Å². The van der Waals surface area contributed by atoms with Gasteiger partial charge in [-0.25, -0.2) is 8.42 Å². The Labute approximate surface area is 189 Å². The summed E-state index contributed by atoms with van der Waals surface area (Å²) in [6.07, 6.45) is 6.40. The Kier molecular flexibility index (Phi) is 8.66. The number of carbonyl (C=O) groups excluding carboxylic acids is 1.